The Kier molecular flexibility index (Phi) is 20.7. The Morgan fingerprint density at radius 3 is 1.77 bits per heavy atom. The summed E-state index contributed by atoms with van der Waals surface area (Å²) >= 11 is 0. The number of carbonyl (C=O) groups is 3. The summed E-state index contributed by atoms with van der Waals surface area (Å²) in [5.41, 5.74) is -3.60. The minimum Gasteiger partial charge on any atom is -0.547 e. The van der Waals surface area contributed by atoms with Crippen molar-refractivity contribution in [1.29, 1.82) is 0 Å². The summed E-state index contributed by atoms with van der Waals surface area (Å²) in [5, 5.41) is 135. The fraction of sp³-hybridized carbons (Fsp3) is 0.845. The number of hydrogen-bond acceptors (Lipinski definition) is 23. The predicted octanol–water partition coefficient (Wildman–Crippen LogP) is -3.82. The largest absolute Gasteiger partial charge is 1.00 e. The Labute approximate surface area is 501 Å². The molecule has 0 aromatic carbocycles. The molecule has 8 aliphatic rings. The maximum Gasteiger partial charge on any atom is 1.00 e. The number of carbonyl (C=O) groups excluding carboxylic acids is 3. The number of carboxylic acid groups (broad SMARTS) is 1. The van der Waals surface area contributed by atoms with E-state index in [0.29, 0.717) is 43.3 Å². The van der Waals surface area contributed by atoms with E-state index in [9.17, 15) is 75.7 Å². The number of aliphatic hydroxyl groups is 11. The van der Waals surface area contributed by atoms with Gasteiger partial charge in [0.05, 0.1) is 68.8 Å². The number of aliphatic carboxylic acids is 1. The third-order valence-corrected chi connectivity index (χ3v) is 21.8. The van der Waals surface area contributed by atoms with E-state index in [1.54, 1.807) is 39.8 Å². The van der Waals surface area contributed by atoms with Crippen LogP contribution in [0.25, 0.3) is 0 Å². The molecule has 23 nitrogen and oxygen atoms in total. The average Bonchev–Trinajstić information content (AvgIpc) is 0.789. The molecule has 82 heavy (non-hydrogen) atoms. The van der Waals surface area contributed by atoms with Crippen molar-refractivity contribution in [2.75, 3.05) is 33.0 Å². The van der Waals surface area contributed by atoms with Crippen molar-refractivity contribution < 1.29 is 143 Å². The number of fused-ring (bicyclic) bond motifs is 7. The maximum absolute atomic E-state index is 13.8. The Hall–Kier alpha value is -2.05. The van der Waals surface area contributed by atoms with Crippen LogP contribution in [0.2, 0.25) is 0 Å². The molecule has 24 heteroatoms. The molecule has 0 spiro atoms. The molecule has 8 unspecified atom stereocenters. The number of hydrogen-bond donors (Lipinski definition) is 11. The van der Waals surface area contributed by atoms with Gasteiger partial charge in [0.1, 0.15) is 54.9 Å². The molecule has 0 bridgehead atoms. The second-order valence-electron chi connectivity index (χ2n) is 26.1. The van der Waals surface area contributed by atoms with Crippen LogP contribution in [0, 0.1) is 56.2 Å². The van der Waals surface area contributed by atoms with Crippen LogP contribution in [0.1, 0.15) is 114 Å². The number of rotatable bonds is 16. The van der Waals surface area contributed by atoms with E-state index in [-0.39, 0.29) is 54.2 Å². The van der Waals surface area contributed by atoms with Gasteiger partial charge in [-0.25, -0.2) is 9.59 Å². The number of carboxylic acids is 1. The first kappa shape index (κ1) is 67.5. The maximum atomic E-state index is 13.8. The third-order valence-electron chi connectivity index (χ3n) is 21.8. The average molecular weight is 1180 g/mol. The van der Waals surface area contributed by atoms with Gasteiger partial charge in [0.15, 0.2) is 25.0 Å². The fourth-order valence-electron chi connectivity index (χ4n) is 16.5. The zero-order valence-electron chi connectivity index (χ0n) is 49.2. The molecule has 0 radical (unpaired) electrons. The minimum absolute atomic E-state index is 0. The van der Waals surface area contributed by atoms with E-state index in [1.165, 1.54) is 0 Å². The topological polar surface area (TPSA) is 371 Å². The second-order valence-corrected chi connectivity index (χ2v) is 26.1. The molecule has 4 saturated carbocycles. The van der Waals surface area contributed by atoms with Crippen LogP contribution in [0.3, 0.4) is 0 Å². The smallest absolute Gasteiger partial charge is 0.547 e. The summed E-state index contributed by atoms with van der Waals surface area (Å²) in [6.07, 6.45) is -20.0. The first-order chi connectivity index (χ1) is 38.0. The van der Waals surface area contributed by atoms with Crippen LogP contribution >= 0.6 is 0 Å². The number of ether oxygens (including phenoxy) is 8. The Morgan fingerprint density at radius 2 is 1.23 bits per heavy atom. The van der Waals surface area contributed by atoms with Gasteiger partial charge >= 0.3 is 41.5 Å². The van der Waals surface area contributed by atoms with Gasteiger partial charge in [-0.05, 0) is 107 Å². The molecular weight excluding hydrogens is 1090 g/mol. The van der Waals surface area contributed by atoms with E-state index < -0.39 is 200 Å². The van der Waals surface area contributed by atoms with Crippen molar-refractivity contribution in [3.63, 3.8) is 0 Å². The zero-order valence-corrected chi connectivity index (χ0v) is 51.2. The Bertz CT molecular complexity index is 2400. The first-order valence-corrected chi connectivity index (χ1v) is 28.6. The van der Waals surface area contributed by atoms with E-state index in [0.717, 1.165) is 5.57 Å². The molecular formula is C58H89NaO23. The normalized spacial score (nSPS) is 48.3. The van der Waals surface area contributed by atoms with Gasteiger partial charge < -0.3 is 104 Å². The van der Waals surface area contributed by atoms with Gasteiger partial charge in [0, 0.05) is 27.9 Å². The molecule has 8 rings (SSSR count). The van der Waals surface area contributed by atoms with Gasteiger partial charge in [-0.2, -0.15) is 0 Å². The monoisotopic (exact) mass is 1180 g/mol. The van der Waals surface area contributed by atoms with Gasteiger partial charge in [-0.15, -0.1) is 0 Å². The zero-order chi connectivity index (χ0) is 59.9. The fourth-order valence-corrected chi connectivity index (χ4v) is 16.5. The molecule has 3 heterocycles. The molecule has 7 fully saturated rings. The summed E-state index contributed by atoms with van der Waals surface area (Å²) < 4.78 is 49.2. The van der Waals surface area contributed by atoms with Crippen molar-refractivity contribution in [2.45, 2.75) is 219 Å². The van der Waals surface area contributed by atoms with Crippen LogP contribution in [-0.2, 0) is 52.3 Å². The molecule has 11 N–H and O–H groups in total. The van der Waals surface area contributed by atoms with Crippen molar-refractivity contribution in [1.82, 2.24) is 0 Å². The van der Waals surface area contributed by atoms with Crippen molar-refractivity contribution in [2.24, 2.45) is 56.2 Å². The van der Waals surface area contributed by atoms with Crippen molar-refractivity contribution in [3.05, 3.63) is 34.9 Å². The Morgan fingerprint density at radius 1 is 0.659 bits per heavy atom. The van der Waals surface area contributed by atoms with Crippen molar-refractivity contribution in [3.8, 4) is 0 Å². The second kappa shape index (κ2) is 25.2. The van der Waals surface area contributed by atoms with E-state index >= 15 is 0 Å². The quantitative estimate of drug-likeness (QED) is 0.0232. The summed E-state index contributed by atoms with van der Waals surface area (Å²) in [6.45, 7) is 15.7. The van der Waals surface area contributed by atoms with Gasteiger partial charge in [-0.1, -0.05) is 65.3 Å². The van der Waals surface area contributed by atoms with Crippen LogP contribution in [0.15, 0.2) is 34.9 Å². The summed E-state index contributed by atoms with van der Waals surface area (Å²) in [4.78, 5) is 40.3. The van der Waals surface area contributed by atoms with Crippen LogP contribution < -0.4 is 34.7 Å². The van der Waals surface area contributed by atoms with Gasteiger partial charge in [-0.3, -0.25) is 0 Å². The molecule has 5 aliphatic carbocycles. The van der Waals surface area contributed by atoms with E-state index in [4.69, 9.17) is 37.9 Å². The van der Waals surface area contributed by atoms with Crippen LogP contribution in [0.4, 0.5) is 0 Å². The van der Waals surface area contributed by atoms with E-state index in [1.807, 2.05) is 20.8 Å². The number of aliphatic hydroxyl groups excluding tert-OH is 11. The van der Waals surface area contributed by atoms with Crippen LogP contribution in [-0.4, -0.2) is 211 Å². The molecule has 0 amide bonds. The molecule has 26 atom stereocenters. The van der Waals surface area contributed by atoms with Gasteiger partial charge in [0.25, 0.3) is 0 Å². The Balaban J connectivity index is 0.00000968. The summed E-state index contributed by atoms with van der Waals surface area (Å²) in [6, 6.07) is 0. The SMILES string of the molecule is C/C=C(/C)C(=O)O[C@H]1[C@H](OC(=O)/C(C)=C\C)[C@@]2(CO)C(CC1(C)C)C1=CCC3[C@@]4(C)CC[C@H](O[C@@H]5OC(C(=O)[O-])[C@H](O)[C@H](O[C@@H]6O[C@H](CO)C(O)[C@@H]6O)C5O[C@@H]5OC(CO)[C@H](CO)[C@H](O)C5O)[C@](C)(CO)C4CC[C@@]3(C)[C@]1(C)C[C@H]2O.[Na+]. The molecule has 0 aromatic rings. The summed E-state index contributed by atoms with van der Waals surface area (Å²) in [7, 11) is 0. The standard InChI is InChI=1S/C58H90O23.Na/c1-11-26(3)48(72)80-45-46(81-49(73)27(4)12-2)58(25-63)30(19-53(45,5)6)29-13-14-34-54(7)17-16-36(55(8,24-62)33(54)15-18-56(34,9)57(29,10)20-35(58)64)76-52-44(79-50-39(67)37(65)28(21-59)31(22-60)74-50)42(41(69)43(78-52)47(70)71)77-51-40(68)38(66)32(23-61)75-51;/h11-13,28,30-46,50-52,59-69H,14-25H2,1-10H3,(H,70,71);/q;+1/p-1/b26-11-,27-12-;/t28-,30?,31?,32+,33?,34?,35+,36-,37-,38?,39?,40-,41+,42-,43?,44?,45-,46-,50-,51-,52+,54-,55+,56+,57+,58-;/m0./s1. The molecule has 3 saturated heterocycles. The predicted molar refractivity (Wildman–Crippen MR) is 279 cm³/mol. The number of esters is 2. The molecule has 460 valence electrons. The summed E-state index contributed by atoms with van der Waals surface area (Å²) in [5.74, 6) is -5.32. The third kappa shape index (κ3) is 10.9. The van der Waals surface area contributed by atoms with E-state index in [2.05, 4.69) is 26.8 Å². The van der Waals surface area contributed by atoms with Crippen LogP contribution in [0.5, 0.6) is 0 Å². The minimum atomic E-state index is -2.22. The van der Waals surface area contributed by atoms with Gasteiger partial charge in [0.2, 0.25) is 0 Å². The number of allylic oxidation sites excluding steroid dienone is 4. The van der Waals surface area contributed by atoms with Crippen molar-refractivity contribution >= 4 is 17.9 Å². The first-order valence-electron chi connectivity index (χ1n) is 28.6. The molecule has 3 aliphatic heterocycles. The molecule has 0 aromatic heterocycles.